The molecule has 0 aromatic rings. The summed E-state index contributed by atoms with van der Waals surface area (Å²) in [4.78, 5) is 52.5. The van der Waals surface area contributed by atoms with Gasteiger partial charge in [-0.3, -0.25) is 19.2 Å². The number of carboxylic acid groups (broad SMARTS) is 2. The Balaban J connectivity index is 0. The molecule has 9 heteroatoms. The summed E-state index contributed by atoms with van der Waals surface area (Å²) in [5.41, 5.74) is 0.830. The van der Waals surface area contributed by atoms with Gasteiger partial charge in [0.05, 0.1) is 12.8 Å². The van der Waals surface area contributed by atoms with Crippen LogP contribution in [0.4, 0.5) is 0 Å². The van der Waals surface area contributed by atoms with Crippen molar-refractivity contribution in [3.05, 3.63) is 23.3 Å². The van der Waals surface area contributed by atoms with Gasteiger partial charge in [-0.05, 0) is 25.0 Å². The molecule has 0 aliphatic heterocycles. The van der Waals surface area contributed by atoms with Gasteiger partial charge < -0.3 is 24.5 Å². The van der Waals surface area contributed by atoms with Crippen LogP contribution in [0.5, 0.6) is 0 Å². The lowest BCUT2D eigenvalue weighted by Gasteiger charge is -2.20. The van der Waals surface area contributed by atoms with Gasteiger partial charge >= 0.3 is 11.9 Å². The molecule has 0 fully saturated rings. The molecule has 0 amide bonds. The van der Waals surface area contributed by atoms with Gasteiger partial charge in [-0.25, -0.2) is 0 Å². The summed E-state index contributed by atoms with van der Waals surface area (Å²) in [5.74, 6) is -2.83. The Hall–Kier alpha value is -2.65. The van der Waals surface area contributed by atoms with Gasteiger partial charge in [0, 0.05) is 38.9 Å². The minimum Gasteiger partial charge on any atom is -0.481 e. The van der Waals surface area contributed by atoms with Crippen molar-refractivity contribution in [2.75, 3.05) is 14.2 Å². The maximum atomic E-state index is 10.8. The molecule has 2 unspecified atom stereocenters. The summed E-state index contributed by atoms with van der Waals surface area (Å²) < 4.78 is 9.98. The lowest BCUT2D eigenvalue weighted by Crippen LogP contribution is -2.22. The normalized spacial score (nSPS) is 13.7. The monoisotopic (exact) mass is 414 g/mol. The largest absolute Gasteiger partial charge is 0.481 e. The van der Waals surface area contributed by atoms with Crippen LogP contribution in [0.15, 0.2) is 23.3 Å². The third-order valence-electron chi connectivity index (χ3n) is 4.11. The van der Waals surface area contributed by atoms with Crippen LogP contribution in [-0.2, 0) is 33.4 Å². The molecule has 0 rings (SSSR count). The zero-order valence-corrected chi connectivity index (χ0v) is 17.2. The van der Waals surface area contributed by atoms with E-state index in [1.54, 1.807) is 19.9 Å². The molecule has 0 bridgehead atoms. The highest BCUT2D eigenvalue weighted by molar-refractivity contribution is 5.78. The van der Waals surface area contributed by atoms with Crippen molar-refractivity contribution in [3.8, 4) is 0 Å². The molecule has 0 aliphatic rings. The second-order valence-electron chi connectivity index (χ2n) is 5.94. The molecule has 0 heterocycles. The minimum absolute atomic E-state index is 0.0741. The highest BCUT2D eigenvalue weighted by atomic mass is 16.7. The van der Waals surface area contributed by atoms with E-state index in [0.717, 1.165) is 0 Å². The molecule has 2 N–H and O–H groups in total. The lowest BCUT2D eigenvalue weighted by atomic mass is 9.92. The van der Waals surface area contributed by atoms with Crippen LogP contribution in [-0.4, -0.2) is 61.5 Å². The van der Waals surface area contributed by atoms with Crippen LogP contribution in [0.25, 0.3) is 0 Å². The van der Waals surface area contributed by atoms with Crippen molar-refractivity contribution in [2.24, 2.45) is 11.8 Å². The molecule has 0 saturated heterocycles. The number of rotatable bonds is 14. The van der Waals surface area contributed by atoms with Crippen LogP contribution in [0.1, 0.15) is 39.5 Å². The smallest absolute Gasteiger partial charge is 0.303 e. The number of carboxylic acids is 2. The van der Waals surface area contributed by atoms with E-state index in [1.807, 2.05) is 0 Å². The van der Waals surface area contributed by atoms with Crippen molar-refractivity contribution in [2.45, 2.75) is 45.8 Å². The fourth-order valence-electron chi connectivity index (χ4n) is 2.53. The number of carbonyl (C=O) groups is 5. The van der Waals surface area contributed by atoms with Gasteiger partial charge in [-0.2, -0.15) is 0 Å². The van der Waals surface area contributed by atoms with E-state index in [-0.39, 0.29) is 25.2 Å². The van der Waals surface area contributed by atoms with Crippen LogP contribution in [0, 0.1) is 11.8 Å². The highest BCUT2D eigenvalue weighted by Gasteiger charge is 2.22. The Morgan fingerprint density at radius 3 is 1.55 bits per heavy atom. The van der Waals surface area contributed by atoms with E-state index >= 15 is 0 Å². The van der Waals surface area contributed by atoms with Crippen LogP contribution in [0.2, 0.25) is 0 Å². The summed E-state index contributed by atoms with van der Waals surface area (Å²) >= 11 is 0. The van der Waals surface area contributed by atoms with Gasteiger partial charge in [0.15, 0.2) is 6.29 Å². The van der Waals surface area contributed by atoms with E-state index in [0.29, 0.717) is 36.4 Å². The predicted molar refractivity (Wildman–Crippen MR) is 104 cm³/mol. The fourth-order valence-corrected chi connectivity index (χ4v) is 2.53. The van der Waals surface area contributed by atoms with Gasteiger partial charge in [0.25, 0.3) is 0 Å². The summed E-state index contributed by atoms with van der Waals surface area (Å²) in [6.07, 6.45) is 4.67. The number of allylic oxidation sites excluding steroid dienone is 4. The Bertz CT molecular complexity index is 589. The van der Waals surface area contributed by atoms with E-state index < -0.39 is 24.1 Å². The molecular weight excluding hydrogens is 384 g/mol. The first-order valence-electron chi connectivity index (χ1n) is 8.89. The van der Waals surface area contributed by atoms with Crippen molar-refractivity contribution in [3.63, 3.8) is 0 Å². The number of hydrogen-bond acceptors (Lipinski definition) is 7. The zero-order valence-electron chi connectivity index (χ0n) is 17.2. The van der Waals surface area contributed by atoms with Gasteiger partial charge in [0.1, 0.15) is 18.9 Å². The van der Waals surface area contributed by atoms with Crippen molar-refractivity contribution < 1.29 is 43.7 Å². The molecule has 29 heavy (non-hydrogen) atoms. The second-order valence-corrected chi connectivity index (χ2v) is 5.94. The molecule has 0 radical (unpaired) electrons. The predicted octanol–water partition coefficient (Wildman–Crippen LogP) is 2.04. The first kappa shape index (κ1) is 28.6. The first-order valence-corrected chi connectivity index (χ1v) is 8.89. The number of aliphatic carboxylic acids is 2. The van der Waals surface area contributed by atoms with Crippen molar-refractivity contribution in [1.82, 2.24) is 0 Å². The first-order chi connectivity index (χ1) is 13.7. The van der Waals surface area contributed by atoms with E-state index in [9.17, 15) is 24.0 Å². The fraction of sp³-hybridized carbons (Fsp3) is 0.550. The topological polar surface area (TPSA) is 144 Å². The molecule has 0 saturated carbocycles. The quantitative estimate of drug-likeness (QED) is 0.248. The summed E-state index contributed by atoms with van der Waals surface area (Å²) in [6.45, 7) is 3.34. The summed E-state index contributed by atoms with van der Waals surface area (Å²) in [6, 6.07) is 0. The Labute approximate surface area is 170 Å². The molecule has 0 spiro atoms. The molecule has 0 aromatic heterocycles. The zero-order chi connectivity index (χ0) is 22.8. The summed E-state index contributed by atoms with van der Waals surface area (Å²) in [7, 11) is 2.95. The van der Waals surface area contributed by atoms with Crippen molar-refractivity contribution in [1.29, 1.82) is 0 Å². The lowest BCUT2D eigenvalue weighted by molar-refractivity contribution is -0.140. The summed E-state index contributed by atoms with van der Waals surface area (Å²) in [5, 5.41) is 17.2. The maximum absolute atomic E-state index is 10.8. The van der Waals surface area contributed by atoms with E-state index in [4.69, 9.17) is 19.7 Å². The number of hydrogen-bond donors (Lipinski definition) is 2. The number of aldehydes is 3. The average Bonchev–Trinajstić information content (AvgIpc) is 2.67. The maximum Gasteiger partial charge on any atom is 0.303 e. The molecular formula is C20H30O9. The SMILES string of the molecule is C/C=C(\C=O)C(CC(=O)O)CC(OC)OC.C/C=C(\C=O)C(CC=O)CC(=O)O. The van der Waals surface area contributed by atoms with Crippen LogP contribution < -0.4 is 0 Å². The highest BCUT2D eigenvalue weighted by Crippen LogP contribution is 2.21. The third kappa shape index (κ3) is 13.2. The Kier molecular flexibility index (Phi) is 17.2. The molecule has 164 valence electrons. The second kappa shape index (κ2) is 17.4. The average molecular weight is 414 g/mol. The number of methoxy groups -OCH3 is 2. The Morgan fingerprint density at radius 1 is 0.828 bits per heavy atom. The molecule has 9 nitrogen and oxygen atoms in total. The van der Waals surface area contributed by atoms with E-state index in [1.165, 1.54) is 20.3 Å². The van der Waals surface area contributed by atoms with E-state index in [2.05, 4.69) is 0 Å². The van der Waals surface area contributed by atoms with Gasteiger partial charge in [-0.15, -0.1) is 0 Å². The molecule has 0 aliphatic carbocycles. The van der Waals surface area contributed by atoms with Gasteiger partial charge in [-0.1, -0.05) is 12.2 Å². The third-order valence-corrected chi connectivity index (χ3v) is 4.11. The van der Waals surface area contributed by atoms with Gasteiger partial charge in [0.2, 0.25) is 0 Å². The number of carbonyl (C=O) groups excluding carboxylic acids is 3. The minimum atomic E-state index is -1.01. The Morgan fingerprint density at radius 2 is 1.24 bits per heavy atom. The van der Waals surface area contributed by atoms with Crippen LogP contribution in [0.3, 0.4) is 0 Å². The number of ether oxygens (including phenoxy) is 2. The molecule has 2 atom stereocenters. The van der Waals surface area contributed by atoms with Crippen LogP contribution >= 0.6 is 0 Å². The standard InChI is InChI=1S/C11H18O5.C9H12O4/c1-4-8(7-12)9(5-10(13)14)6-11(15-2)16-3;1-2-7(6-11)8(3-4-10)5-9(12)13/h4,7,9,11H,5-6H2,1-3H3,(H,13,14);2,4,6,8H,3,5H2,1H3,(H,12,13)/b8-4+;7-2+. The molecule has 0 aromatic carbocycles. The van der Waals surface area contributed by atoms with Crippen molar-refractivity contribution >= 4 is 30.8 Å².